The van der Waals surface area contributed by atoms with Gasteiger partial charge in [-0.2, -0.15) is 0 Å². The van der Waals surface area contributed by atoms with E-state index < -0.39 is 0 Å². The Hall–Kier alpha value is -1.62. The molecule has 0 fully saturated rings. The van der Waals surface area contributed by atoms with Crippen molar-refractivity contribution in [2.24, 2.45) is 0 Å². The highest BCUT2D eigenvalue weighted by Crippen LogP contribution is 2.07. The molecule has 1 aromatic rings. The number of nitrogens with one attached hydrogen (secondary N) is 3. The van der Waals surface area contributed by atoms with Gasteiger partial charge in [0.2, 0.25) is 0 Å². The Kier molecular flexibility index (Phi) is 6.79. The Balaban J connectivity index is 2.42. The summed E-state index contributed by atoms with van der Waals surface area (Å²) in [5.74, 6) is -0.131. The molecule has 0 saturated heterocycles. The predicted octanol–water partition coefficient (Wildman–Crippen LogP) is 1.24. The summed E-state index contributed by atoms with van der Waals surface area (Å²) in [5, 5.41) is 9.28. The molecule has 0 bridgehead atoms. The van der Waals surface area contributed by atoms with E-state index in [-0.39, 0.29) is 5.91 Å². The molecule has 1 amide bonds. The average Bonchev–Trinajstić information content (AvgIpc) is 2.39. The van der Waals surface area contributed by atoms with Crippen LogP contribution in [0.3, 0.4) is 0 Å². The number of anilines is 1. The number of pyridine rings is 1. The van der Waals surface area contributed by atoms with E-state index in [9.17, 15) is 4.79 Å². The van der Waals surface area contributed by atoms with Gasteiger partial charge in [-0.25, -0.2) is 0 Å². The molecule has 1 heterocycles. The molecule has 0 atom stereocenters. The van der Waals surface area contributed by atoms with E-state index in [4.69, 9.17) is 0 Å². The van der Waals surface area contributed by atoms with E-state index in [1.54, 1.807) is 12.3 Å². The molecule has 1 aromatic heterocycles. The van der Waals surface area contributed by atoms with E-state index >= 15 is 0 Å². The predicted molar refractivity (Wildman–Crippen MR) is 73.9 cm³/mol. The molecule has 5 nitrogen and oxygen atoms in total. The van der Waals surface area contributed by atoms with Crippen molar-refractivity contribution >= 4 is 11.6 Å². The monoisotopic (exact) mass is 250 g/mol. The lowest BCUT2D eigenvalue weighted by molar-refractivity contribution is 0.0951. The first-order chi connectivity index (χ1) is 8.77. The molecule has 0 unspecified atom stereocenters. The van der Waals surface area contributed by atoms with Gasteiger partial charge in [0.05, 0.1) is 0 Å². The quantitative estimate of drug-likeness (QED) is 0.607. The number of carbonyl (C=O) groups is 1. The molecule has 0 aliphatic rings. The van der Waals surface area contributed by atoms with Crippen LogP contribution in [0, 0.1) is 0 Å². The van der Waals surface area contributed by atoms with Gasteiger partial charge in [-0.05, 0) is 38.6 Å². The van der Waals surface area contributed by atoms with Gasteiger partial charge in [0.1, 0.15) is 5.69 Å². The summed E-state index contributed by atoms with van der Waals surface area (Å²) in [7, 11) is 0. The summed E-state index contributed by atoms with van der Waals surface area (Å²) in [6.45, 7) is 7.47. The second kappa shape index (κ2) is 8.47. The van der Waals surface area contributed by atoms with Gasteiger partial charge in [0, 0.05) is 25.0 Å². The van der Waals surface area contributed by atoms with E-state index in [1.807, 2.05) is 13.0 Å². The maximum atomic E-state index is 11.6. The maximum Gasteiger partial charge on any atom is 0.269 e. The minimum atomic E-state index is -0.131. The van der Waals surface area contributed by atoms with Gasteiger partial charge >= 0.3 is 0 Å². The summed E-state index contributed by atoms with van der Waals surface area (Å²) in [6, 6.07) is 3.65. The number of rotatable bonds is 8. The van der Waals surface area contributed by atoms with Gasteiger partial charge in [0.15, 0.2) is 0 Å². The van der Waals surface area contributed by atoms with Crippen LogP contribution >= 0.6 is 0 Å². The lowest BCUT2D eigenvalue weighted by Gasteiger charge is -2.08. The molecule has 100 valence electrons. The number of carbonyl (C=O) groups excluding carboxylic acids is 1. The zero-order valence-corrected chi connectivity index (χ0v) is 11.1. The van der Waals surface area contributed by atoms with Gasteiger partial charge in [-0.3, -0.25) is 9.78 Å². The topological polar surface area (TPSA) is 66.0 Å². The van der Waals surface area contributed by atoms with Crippen molar-refractivity contribution < 1.29 is 4.79 Å². The van der Waals surface area contributed by atoms with Crippen LogP contribution in [-0.4, -0.2) is 37.1 Å². The van der Waals surface area contributed by atoms with Crippen LogP contribution in [0.25, 0.3) is 0 Å². The minimum Gasteiger partial charge on any atom is -0.385 e. The zero-order valence-electron chi connectivity index (χ0n) is 11.1. The molecular weight excluding hydrogens is 228 g/mol. The lowest BCUT2D eigenvalue weighted by Crippen LogP contribution is -2.23. The van der Waals surface area contributed by atoms with Crippen molar-refractivity contribution in [1.29, 1.82) is 0 Å². The fourth-order valence-corrected chi connectivity index (χ4v) is 1.54. The third-order valence-corrected chi connectivity index (χ3v) is 2.44. The molecule has 5 heteroatoms. The van der Waals surface area contributed by atoms with Crippen molar-refractivity contribution in [3.8, 4) is 0 Å². The third kappa shape index (κ3) is 5.14. The van der Waals surface area contributed by atoms with Crippen LogP contribution in [0.2, 0.25) is 0 Å². The maximum absolute atomic E-state index is 11.6. The minimum absolute atomic E-state index is 0.131. The van der Waals surface area contributed by atoms with Crippen LogP contribution in [0.5, 0.6) is 0 Å². The number of nitrogens with zero attached hydrogens (tertiary/aromatic N) is 1. The van der Waals surface area contributed by atoms with E-state index in [1.165, 1.54) is 0 Å². The molecule has 0 saturated carbocycles. The van der Waals surface area contributed by atoms with Crippen molar-refractivity contribution in [2.45, 2.75) is 20.3 Å². The highest BCUT2D eigenvalue weighted by atomic mass is 16.1. The largest absolute Gasteiger partial charge is 0.385 e. The summed E-state index contributed by atoms with van der Waals surface area (Å²) in [4.78, 5) is 15.7. The van der Waals surface area contributed by atoms with Crippen molar-refractivity contribution in [2.75, 3.05) is 31.5 Å². The Labute approximate surface area is 108 Å². The van der Waals surface area contributed by atoms with E-state index in [0.29, 0.717) is 12.2 Å². The first-order valence-electron chi connectivity index (χ1n) is 6.46. The Morgan fingerprint density at radius 1 is 1.28 bits per heavy atom. The van der Waals surface area contributed by atoms with Gasteiger partial charge < -0.3 is 16.0 Å². The zero-order chi connectivity index (χ0) is 13.2. The molecular formula is C13H22N4O. The molecule has 3 N–H and O–H groups in total. The number of hydrogen-bond acceptors (Lipinski definition) is 4. The smallest absolute Gasteiger partial charge is 0.269 e. The van der Waals surface area contributed by atoms with Crippen LogP contribution in [0.15, 0.2) is 18.3 Å². The van der Waals surface area contributed by atoms with Gasteiger partial charge in [-0.1, -0.05) is 6.92 Å². The summed E-state index contributed by atoms with van der Waals surface area (Å²) in [5.41, 5.74) is 1.39. The summed E-state index contributed by atoms with van der Waals surface area (Å²) < 4.78 is 0. The van der Waals surface area contributed by atoms with Gasteiger partial charge in [-0.15, -0.1) is 0 Å². The number of amides is 1. The van der Waals surface area contributed by atoms with E-state index in [0.717, 1.165) is 31.7 Å². The molecule has 18 heavy (non-hydrogen) atoms. The van der Waals surface area contributed by atoms with Crippen molar-refractivity contribution in [1.82, 2.24) is 15.6 Å². The number of hydrogen-bond donors (Lipinski definition) is 3. The van der Waals surface area contributed by atoms with Crippen LogP contribution in [0.4, 0.5) is 5.69 Å². The molecule has 0 aliphatic heterocycles. The fraction of sp³-hybridized carbons (Fsp3) is 0.538. The molecule has 0 radical (unpaired) electrons. The van der Waals surface area contributed by atoms with Crippen LogP contribution in [0.1, 0.15) is 30.8 Å². The highest BCUT2D eigenvalue weighted by molar-refractivity contribution is 5.93. The molecule has 0 aromatic carbocycles. The standard InChI is InChI=1S/C13H22N4O/c1-3-14-7-5-8-16-11-6-9-17-12(10-11)13(18)15-4-2/h6,9-10,14H,3-5,7-8H2,1-2H3,(H,15,18)(H,16,17). The normalized spacial score (nSPS) is 10.1. The highest BCUT2D eigenvalue weighted by Gasteiger charge is 2.05. The van der Waals surface area contributed by atoms with Crippen molar-refractivity contribution in [3.05, 3.63) is 24.0 Å². The summed E-state index contributed by atoms with van der Waals surface area (Å²) >= 11 is 0. The SMILES string of the molecule is CCNCCCNc1ccnc(C(=O)NCC)c1. The second-order valence-corrected chi connectivity index (χ2v) is 3.92. The fourth-order valence-electron chi connectivity index (χ4n) is 1.54. The average molecular weight is 250 g/mol. The first kappa shape index (κ1) is 14.4. The molecule has 0 spiro atoms. The van der Waals surface area contributed by atoms with Crippen LogP contribution < -0.4 is 16.0 Å². The summed E-state index contributed by atoms with van der Waals surface area (Å²) in [6.07, 6.45) is 2.70. The molecule has 1 rings (SSSR count). The van der Waals surface area contributed by atoms with Crippen LogP contribution in [-0.2, 0) is 0 Å². The van der Waals surface area contributed by atoms with Crippen molar-refractivity contribution in [3.63, 3.8) is 0 Å². The lowest BCUT2D eigenvalue weighted by atomic mass is 10.3. The van der Waals surface area contributed by atoms with E-state index in [2.05, 4.69) is 27.9 Å². The third-order valence-electron chi connectivity index (χ3n) is 2.44. The Morgan fingerprint density at radius 2 is 2.11 bits per heavy atom. The second-order valence-electron chi connectivity index (χ2n) is 3.92. The number of aromatic nitrogens is 1. The first-order valence-corrected chi connectivity index (χ1v) is 6.46. The Bertz CT molecular complexity index is 368. The van der Waals surface area contributed by atoms with Gasteiger partial charge in [0.25, 0.3) is 5.91 Å². The molecule has 0 aliphatic carbocycles. The Morgan fingerprint density at radius 3 is 2.83 bits per heavy atom.